The Labute approximate surface area is 94.3 Å². The van der Waals surface area contributed by atoms with Crippen LogP contribution in [0.4, 0.5) is 0 Å². The van der Waals surface area contributed by atoms with Crippen molar-refractivity contribution in [3.05, 3.63) is 24.4 Å². The second-order valence-corrected chi connectivity index (χ2v) is 3.90. The van der Waals surface area contributed by atoms with E-state index >= 15 is 0 Å². The lowest BCUT2D eigenvalue weighted by atomic mass is 10.1. The van der Waals surface area contributed by atoms with Gasteiger partial charge in [-0.1, -0.05) is 18.5 Å². The van der Waals surface area contributed by atoms with E-state index in [1.807, 2.05) is 17.7 Å². The molecule has 16 heavy (non-hydrogen) atoms. The first-order valence-corrected chi connectivity index (χ1v) is 5.41. The van der Waals surface area contributed by atoms with Crippen LogP contribution in [0.5, 0.6) is 0 Å². The largest absolute Gasteiger partial charge is 0.359 e. The Hall–Kier alpha value is -1.62. The van der Waals surface area contributed by atoms with E-state index in [4.69, 9.17) is 10.3 Å². The first-order valence-electron chi connectivity index (χ1n) is 5.41. The summed E-state index contributed by atoms with van der Waals surface area (Å²) in [6.07, 6.45) is 5.42. The lowest BCUT2D eigenvalue weighted by molar-refractivity contribution is 0.356. The monoisotopic (exact) mass is 220 g/mol. The average molecular weight is 220 g/mol. The number of aromatic nitrogens is 3. The molecule has 2 aromatic rings. The van der Waals surface area contributed by atoms with Crippen LogP contribution >= 0.6 is 0 Å². The van der Waals surface area contributed by atoms with Gasteiger partial charge >= 0.3 is 0 Å². The molecule has 2 rings (SSSR count). The van der Waals surface area contributed by atoms with Crippen molar-refractivity contribution in [3.63, 3.8) is 0 Å². The molecular weight excluding hydrogens is 204 g/mol. The van der Waals surface area contributed by atoms with Gasteiger partial charge in [0.2, 0.25) is 0 Å². The maximum atomic E-state index is 5.95. The maximum Gasteiger partial charge on any atom is 0.154 e. The zero-order valence-corrected chi connectivity index (χ0v) is 9.55. The van der Waals surface area contributed by atoms with Gasteiger partial charge in [-0.25, -0.2) is 4.98 Å². The summed E-state index contributed by atoms with van der Waals surface area (Å²) >= 11 is 0. The molecule has 2 aromatic heterocycles. The van der Waals surface area contributed by atoms with Gasteiger partial charge in [0, 0.05) is 13.1 Å². The Kier molecular flexibility index (Phi) is 3.05. The highest BCUT2D eigenvalue weighted by molar-refractivity contribution is 5.53. The first-order chi connectivity index (χ1) is 7.72. The Morgan fingerprint density at radius 3 is 3.00 bits per heavy atom. The third-order valence-corrected chi connectivity index (χ3v) is 2.57. The average Bonchev–Trinajstić information content (AvgIpc) is 2.86. The van der Waals surface area contributed by atoms with Crippen LogP contribution in [0.2, 0.25) is 0 Å². The molecule has 0 spiro atoms. The predicted molar refractivity (Wildman–Crippen MR) is 60.5 cm³/mol. The summed E-state index contributed by atoms with van der Waals surface area (Å²) in [6, 6.07) is 1.82. The van der Waals surface area contributed by atoms with Gasteiger partial charge in [-0.2, -0.15) is 0 Å². The van der Waals surface area contributed by atoms with Crippen molar-refractivity contribution in [2.45, 2.75) is 25.8 Å². The van der Waals surface area contributed by atoms with E-state index in [0.717, 1.165) is 30.0 Å². The van der Waals surface area contributed by atoms with E-state index in [9.17, 15) is 0 Å². The number of rotatable bonds is 4. The molecule has 1 unspecified atom stereocenters. The van der Waals surface area contributed by atoms with E-state index in [1.165, 1.54) is 0 Å². The Balaban J connectivity index is 2.23. The molecule has 0 aliphatic carbocycles. The topological polar surface area (TPSA) is 69.9 Å². The minimum atomic E-state index is -0.0699. The highest BCUT2D eigenvalue weighted by Crippen LogP contribution is 2.22. The van der Waals surface area contributed by atoms with Crippen LogP contribution in [-0.2, 0) is 7.05 Å². The van der Waals surface area contributed by atoms with Gasteiger partial charge in [-0.05, 0) is 6.42 Å². The van der Waals surface area contributed by atoms with Crippen LogP contribution in [0.3, 0.4) is 0 Å². The summed E-state index contributed by atoms with van der Waals surface area (Å²) in [5.74, 6) is 0.734. The van der Waals surface area contributed by atoms with Gasteiger partial charge in [0.1, 0.15) is 5.69 Å². The summed E-state index contributed by atoms with van der Waals surface area (Å²) in [6.45, 7) is 2.10. The van der Waals surface area contributed by atoms with Crippen molar-refractivity contribution in [2.75, 3.05) is 0 Å². The third-order valence-electron chi connectivity index (χ3n) is 2.57. The number of aryl methyl sites for hydroxylation is 1. The highest BCUT2D eigenvalue weighted by atomic mass is 16.5. The molecule has 0 aromatic carbocycles. The predicted octanol–water partition coefficient (Wildman–Crippen LogP) is 1.88. The molecule has 0 fully saturated rings. The van der Waals surface area contributed by atoms with E-state index in [-0.39, 0.29) is 6.04 Å². The van der Waals surface area contributed by atoms with Crippen molar-refractivity contribution in [3.8, 4) is 11.4 Å². The lowest BCUT2D eigenvalue weighted by Gasteiger charge is -2.03. The Morgan fingerprint density at radius 2 is 2.38 bits per heavy atom. The summed E-state index contributed by atoms with van der Waals surface area (Å²) < 4.78 is 7.14. The lowest BCUT2D eigenvalue weighted by Crippen LogP contribution is -2.08. The molecule has 86 valence electrons. The smallest absolute Gasteiger partial charge is 0.154 e. The number of hydrogen-bond donors (Lipinski definition) is 1. The third kappa shape index (κ3) is 1.99. The van der Waals surface area contributed by atoms with Gasteiger partial charge < -0.3 is 14.8 Å². The van der Waals surface area contributed by atoms with E-state index in [1.54, 1.807) is 12.5 Å². The fraction of sp³-hybridized carbons (Fsp3) is 0.455. The molecule has 1 atom stereocenters. The summed E-state index contributed by atoms with van der Waals surface area (Å²) in [5, 5.41) is 4.01. The molecular formula is C11H16N4O. The molecule has 0 radical (unpaired) electrons. The van der Waals surface area contributed by atoms with E-state index in [0.29, 0.717) is 0 Å². The Bertz CT molecular complexity index is 460. The zero-order chi connectivity index (χ0) is 11.5. The molecule has 2 heterocycles. The van der Waals surface area contributed by atoms with Crippen molar-refractivity contribution in [1.82, 2.24) is 14.7 Å². The first kappa shape index (κ1) is 10.9. The fourth-order valence-corrected chi connectivity index (χ4v) is 1.64. The molecule has 0 amide bonds. The van der Waals surface area contributed by atoms with Crippen LogP contribution in [0.25, 0.3) is 11.4 Å². The number of nitrogens with two attached hydrogens (primary N) is 1. The molecule has 2 N–H and O–H groups in total. The quantitative estimate of drug-likeness (QED) is 0.854. The second kappa shape index (κ2) is 4.49. The van der Waals surface area contributed by atoms with E-state index in [2.05, 4.69) is 17.1 Å². The number of imidazole rings is 1. The standard InChI is InChI=1S/C11H16N4O/c1-3-4-8(12)11-5-9(14-16-11)10-6-13-7-15(10)2/h5-8H,3-4,12H2,1-2H3. The van der Waals surface area contributed by atoms with Gasteiger partial charge in [0.05, 0.1) is 24.3 Å². The van der Waals surface area contributed by atoms with Crippen molar-refractivity contribution < 1.29 is 4.52 Å². The molecule has 0 saturated heterocycles. The molecule has 5 nitrogen and oxygen atoms in total. The molecule has 0 aliphatic heterocycles. The van der Waals surface area contributed by atoms with Crippen LogP contribution in [0.1, 0.15) is 31.6 Å². The van der Waals surface area contributed by atoms with Crippen molar-refractivity contribution in [2.24, 2.45) is 12.8 Å². The zero-order valence-electron chi connectivity index (χ0n) is 9.55. The second-order valence-electron chi connectivity index (χ2n) is 3.90. The number of nitrogens with zero attached hydrogens (tertiary/aromatic N) is 3. The van der Waals surface area contributed by atoms with Gasteiger partial charge in [0.25, 0.3) is 0 Å². The fourth-order valence-electron chi connectivity index (χ4n) is 1.64. The minimum Gasteiger partial charge on any atom is -0.359 e. The SMILES string of the molecule is CCCC(N)c1cc(-c2cncn2C)no1. The van der Waals surface area contributed by atoms with Crippen LogP contribution in [-0.4, -0.2) is 14.7 Å². The normalized spacial score (nSPS) is 12.9. The van der Waals surface area contributed by atoms with Crippen molar-refractivity contribution in [1.29, 1.82) is 0 Å². The highest BCUT2D eigenvalue weighted by Gasteiger charge is 2.14. The summed E-state index contributed by atoms with van der Waals surface area (Å²) in [7, 11) is 1.92. The van der Waals surface area contributed by atoms with Crippen LogP contribution in [0.15, 0.2) is 23.1 Å². The van der Waals surface area contributed by atoms with E-state index < -0.39 is 0 Å². The summed E-state index contributed by atoms with van der Waals surface area (Å²) in [5.41, 5.74) is 7.66. The van der Waals surface area contributed by atoms with Gasteiger partial charge in [-0.15, -0.1) is 0 Å². The summed E-state index contributed by atoms with van der Waals surface area (Å²) in [4.78, 5) is 4.04. The molecule has 0 bridgehead atoms. The maximum absolute atomic E-state index is 5.95. The molecule has 0 aliphatic rings. The van der Waals surface area contributed by atoms with Gasteiger partial charge in [0.15, 0.2) is 5.76 Å². The molecule has 5 heteroatoms. The van der Waals surface area contributed by atoms with Crippen molar-refractivity contribution >= 4 is 0 Å². The number of hydrogen-bond acceptors (Lipinski definition) is 4. The van der Waals surface area contributed by atoms with Gasteiger partial charge in [-0.3, -0.25) is 0 Å². The molecule has 0 saturated carbocycles. The minimum absolute atomic E-state index is 0.0699. The van der Waals surface area contributed by atoms with Crippen LogP contribution in [0, 0.1) is 0 Å². The van der Waals surface area contributed by atoms with Crippen LogP contribution < -0.4 is 5.73 Å². The Morgan fingerprint density at radius 1 is 1.56 bits per heavy atom.